The van der Waals surface area contributed by atoms with Crippen LogP contribution in [0, 0.1) is 11.8 Å². The van der Waals surface area contributed by atoms with Crippen LogP contribution in [-0.2, 0) is 37.5 Å². The third-order valence-corrected chi connectivity index (χ3v) is 11.3. The number of hydrogen-bond acceptors (Lipinski definition) is 12. The summed E-state index contributed by atoms with van der Waals surface area (Å²) in [6, 6.07) is 0. The molecule has 350 valence electrons. The number of nitrogens with two attached hydrogens (primary N) is 1. The Labute approximate surface area is 366 Å². The zero-order valence-electron chi connectivity index (χ0n) is 37.2. The fraction of sp³-hybridized carbons (Fsp3) is 0.723. The van der Waals surface area contributed by atoms with Crippen molar-refractivity contribution in [3.63, 3.8) is 0 Å². The molecule has 1 saturated carbocycles. The molecule has 0 saturated heterocycles. The van der Waals surface area contributed by atoms with Crippen molar-refractivity contribution in [2.24, 2.45) is 17.6 Å². The van der Waals surface area contributed by atoms with Crippen LogP contribution in [0.2, 0.25) is 0 Å². The fourth-order valence-electron chi connectivity index (χ4n) is 6.85. The number of unbranched alkanes of at least 4 members (excludes halogenated alkanes) is 9. The van der Waals surface area contributed by atoms with Crippen molar-refractivity contribution < 1.29 is 57.7 Å². The molecule has 13 nitrogen and oxygen atoms in total. The Morgan fingerprint density at radius 1 is 0.721 bits per heavy atom. The molecular formula is C47H80NO12P. The largest absolute Gasteiger partial charge is 0.472 e. The predicted molar refractivity (Wildman–Crippen MR) is 240 cm³/mol. The number of phosphoric acid groups is 1. The average Bonchev–Trinajstić information content (AvgIpc) is 3.49. The first-order valence-corrected chi connectivity index (χ1v) is 24.4. The number of esters is 2. The van der Waals surface area contributed by atoms with Gasteiger partial charge in [-0.2, -0.15) is 0 Å². The van der Waals surface area contributed by atoms with E-state index in [2.05, 4.69) is 62.5 Å². The normalized spacial score (nSPS) is 20.4. The molecule has 61 heavy (non-hydrogen) atoms. The highest BCUT2D eigenvalue weighted by Gasteiger charge is 2.41. The van der Waals surface area contributed by atoms with E-state index in [1.807, 2.05) is 0 Å². The van der Waals surface area contributed by atoms with Crippen LogP contribution in [-0.4, -0.2) is 88.7 Å². The summed E-state index contributed by atoms with van der Waals surface area (Å²) >= 11 is 0. The maximum Gasteiger partial charge on any atom is 0.472 e. The summed E-state index contributed by atoms with van der Waals surface area (Å²) in [4.78, 5) is 47.9. The molecule has 0 heterocycles. The van der Waals surface area contributed by atoms with Crippen molar-refractivity contribution in [1.29, 1.82) is 0 Å². The van der Waals surface area contributed by atoms with E-state index >= 15 is 0 Å². The van der Waals surface area contributed by atoms with Crippen molar-refractivity contribution in [3.8, 4) is 0 Å². The lowest BCUT2D eigenvalue weighted by Crippen LogP contribution is -2.29. The molecule has 0 spiro atoms. The van der Waals surface area contributed by atoms with Crippen molar-refractivity contribution in [2.75, 3.05) is 26.4 Å². The lowest BCUT2D eigenvalue weighted by molar-refractivity contribution is -0.161. The summed E-state index contributed by atoms with van der Waals surface area (Å²) in [6.45, 7) is 3.12. The molecule has 0 amide bonds. The molecule has 0 bridgehead atoms. The van der Waals surface area contributed by atoms with E-state index in [1.54, 1.807) is 12.2 Å². The Bertz CT molecular complexity index is 1360. The highest BCUT2D eigenvalue weighted by Crippen LogP contribution is 2.43. The minimum absolute atomic E-state index is 0.00820. The Morgan fingerprint density at radius 3 is 1.93 bits per heavy atom. The first-order valence-electron chi connectivity index (χ1n) is 22.9. The number of ketones is 1. The molecule has 1 fully saturated rings. The van der Waals surface area contributed by atoms with E-state index in [1.165, 1.54) is 19.3 Å². The number of carbonyl (C=O) groups excluding carboxylic acids is 3. The van der Waals surface area contributed by atoms with Crippen LogP contribution in [0.3, 0.4) is 0 Å². The zero-order chi connectivity index (χ0) is 45.0. The molecule has 7 atom stereocenters. The smallest absolute Gasteiger partial charge is 0.462 e. The number of aliphatic hydroxyl groups is 3. The predicted octanol–water partition coefficient (Wildman–Crippen LogP) is 8.83. The lowest BCUT2D eigenvalue weighted by Gasteiger charge is -2.20. The van der Waals surface area contributed by atoms with Gasteiger partial charge >= 0.3 is 19.8 Å². The minimum atomic E-state index is -4.48. The molecule has 0 aromatic carbocycles. The van der Waals surface area contributed by atoms with E-state index < -0.39 is 69.2 Å². The molecule has 1 aliphatic rings. The summed E-state index contributed by atoms with van der Waals surface area (Å²) < 4.78 is 32.7. The van der Waals surface area contributed by atoms with Crippen molar-refractivity contribution in [2.45, 2.75) is 180 Å². The molecule has 1 aliphatic carbocycles. The standard InChI is InChI=1S/C47H80NO12P/c1-3-5-7-8-9-10-11-12-13-14-15-16-17-18-19-20-21-22-24-30-47(54)60-41(38-59-61(55,56)58-34-33-48)37-57-46(53)29-26-25-28-40(50)35-43-42(44(51)36-45(43)52)32-31-39(49)27-23-6-4-2/h9-10,12-13,15-16,18-19,31-32,39,41-45,49,51-52H,3-8,11,14,17,20-30,33-38,48H2,1-2H3,(H,55,56)/b10-9-,13-12-,16-15-,19-18-,32-31+/t39-,41+,42+,43+,44+,45-/m0/s1. The SMILES string of the molecule is CCCCC/C=C\C/C=C\C/C=C\C/C=C\CCCCCC(=O)O[C@H](COC(=O)CCCCC(=O)C[C@@H]1[C@@H](/C=C/[C@@H](O)CCCCC)[C@H](O)C[C@@H]1O)COP(=O)(O)OCCN. The van der Waals surface area contributed by atoms with Crippen molar-refractivity contribution in [3.05, 3.63) is 60.8 Å². The van der Waals surface area contributed by atoms with E-state index in [4.69, 9.17) is 24.3 Å². The van der Waals surface area contributed by atoms with Gasteiger partial charge in [0, 0.05) is 50.5 Å². The summed E-state index contributed by atoms with van der Waals surface area (Å²) in [7, 11) is -4.48. The Hall–Kier alpha value is -2.74. The van der Waals surface area contributed by atoms with Crippen molar-refractivity contribution >= 4 is 25.5 Å². The van der Waals surface area contributed by atoms with Crippen molar-refractivity contribution in [1.82, 2.24) is 0 Å². The molecule has 0 aromatic rings. The highest BCUT2D eigenvalue weighted by atomic mass is 31.2. The Morgan fingerprint density at radius 2 is 1.30 bits per heavy atom. The molecule has 0 aromatic heterocycles. The number of allylic oxidation sites excluding steroid dienone is 8. The van der Waals surface area contributed by atoms with Crippen LogP contribution < -0.4 is 5.73 Å². The van der Waals surface area contributed by atoms with Gasteiger partial charge in [-0.1, -0.05) is 113 Å². The lowest BCUT2D eigenvalue weighted by atomic mass is 9.87. The molecule has 0 radical (unpaired) electrons. The third-order valence-electron chi connectivity index (χ3n) is 10.4. The first-order chi connectivity index (χ1) is 29.4. The van der Waals surface area contributed by atoms with Gasteiger partial charge in [0.25, 0.3) is 0 Å². The Balaban J connectivity index is 2.43. The first kappa shape index (κ1) is 56.3. The molecule has 1 unspecified atom stereocenters. The van der Waals surface area contributed by atoms with E-state index in [9.17, 15) is 39.2 Å². The number of Topliss-reactive ketones (excluding diaryl/α,β-unsaturated/α-hetero) is 1. The van der Waals surface area contributed by atoms with Crippen LogP contribution in [0.1, 0.15) is 155 Å². The minimum Gasteiger partial charge on any atom is -0.462 e. The second-order valence-corrected chi connectivity index (χ2v) is 17.3. The third kappa shape index (κ3) is 30.9. The van der Waals surface area contributed by atoms with Gasteiger partial charge in [-0.3, -0.25) is 23.4 Å². The fourth-order valence-corrected chi connectivity index (χ4v) is 7.61. The van der Waals surface area contributed by atoms with Gasteiger partial charge in [0.15, 0.2) is 6.10 Å². The molecule has 1 rings (SSSR count). The Kier molecular flexibility index (Phi) is 33.9. The molecular weight excluding hydrogens is 801 g/mol. The molecule has 14 heteroatoms. The quantitative estimate of drug-likeness (QED) is 0.0170. The molecule has 0 aliphatic heterocycles. The highest BCUT2D eigenvalue weighted by molar-refractivity contribution is 7.47. The van der Waals surface area contributed by atoms with Crippen LogP contribution in [0.15, 0.2) is 60.8 Å². The van der Waals surface area contributed by atoms with Gasteiger partial charge < -0.3 is 35.4 Å². The van der Waals surface area contributed by atoms with Gasteiger partial charge in [0.2, 0.25) is 0 Å². The number of hydrogen-bond donors (Lipinski definition) is 5. The van der Waals surface area contributed by atoms with Crippen LogP contribution in [0.5, 0.6) is 0 Å². The number of ether oxygens (including phenoxy) is 2. The van der Waals surface area contributed by atoms with Gasteiger partial charge in [0.05, 0.1) is 31.5 Å². The van der Waals surface area contributed by atoms with Gasteiger partial charge in [-0.25, -0.2) is 4.57 Å². The summed E-state index contributed by atoms with van der Waals surface area (Å²) in [5.41, 5.74) is 5.34. The monoisotopic (exact) mass is 882 g/mol. The van der Waals surface area contributed by atoms with E-state index in [-0.39, 0.29) is 51.0 Å². The zero-order valence-corrected chi connectivity index (χ0v) is 38.1. The average molecular weight is 882 g/mol. The summed E-state index contributed by atoms with van der Waals surface area (Å²) in [5.74, 6) is -2.16. The number of rotatable bonds is 38. The van der Waals surface area contributed by atoms with E-state index in [0.29, 0.717) is 25.7 Å². The van der Waals surface area contributed by atoms with Gasteiger partial charge in [-0.15, -0.1) is 0 Å². The number of carbonyl (C=O) groups is 3. The van der Waals surface area contributed by atoms with Crippen LogP contribution >= 0.6 is 7.82 Å². The second kappa shape index (κ2) is 36.7. The van der Waals surface area contributed by atoms with Gasteiger partial charge in [-0.05, 0) is 70.6 Å². The second-order valence-electron chi connectivity index (χ2n) is 15.9. The van der Waals surface area contributed by atoms with Crippen LogP contribution in [0.4, 0.5) is 0 Å². The van der Waals surface area contributed by atoms with E-state index in [0.717, 1.165) is 64.2 Å². The van der Waals surface area contributed by atoms with Gasteiger partial charge in [0.1, 0.15) is 12.4 Å². The maximum absolute atomic E-state index is 12.8. The maximum atomic E-state index is 12.8. The topological polar surface area (TPSA) is 212 Å². The summed E-state index contributed by atoms with van der Waals surface area (Å²) in [5, 5.41) is 31.3. The van der Waals surface area contributed by atoms with Crippen LogP contribution in [0.25, 0.3) is 0 Å². The number of aliphatic hydroxyl groups excluding tert-OH is 3. The summed E-state index contributed by atoms with van der Waals surface area (Å²) in [6.07, 6.45) is 33.1. The number of phosphoric ester groups is 1. The molecule has 6 N–H and O–H groups in total.